The van der Waals surface area contributed by atoms with Crippen LogP contribution in [0.25, 0.3) is 0 Å². The molecule has 1 aromatic carbocycles. The van der Waals surface area contributed by atoms with Crippen molar-refractivity contribution in [1.29, 1.82) is 0 Å². The number of rotatable bonds is 6. The van der Waals surface area contributed by atoms with Gasteiger partial charge in [-0.2, -0.15) is 4.98 Å². The van der Waals surface area contributed by atoms with Crippen LogP contribution in [0.4, 0.5) is 0 Å². The molecule has 2 aromatic rings. The normalized spacial score (nSPS) is 11.8. The van der Waals surface area contributed by atoms with Gasteiger partial charge in [0.15, 0.2) is 11.7 Å². The molecule has 0 amide bonds. The van der Waals surface area contributed by atoms with E-state index < -0.39 is 0 Å². The lowest BCUT2D eigenvalue weighted by Gasteiger charge is -2.09. The van der Waals surface area contributed by atoms with Gasteiger partial charge < -0.3 is 20.8 Å². The summed E-state index contributed by atoms with van der Waals surface area (Å²) in [7, 11) is 0. The Morgan fingerprint density at radius 1 is 1.50 bits per heavy atom. The van der Waals surface area contributed by atoms with E-state index in [0.717, 1.165) is 30.6 Å². The van der Waals surface area contributed by atoms with E-state index in [9.17, 15) is 0 Å². The zero-order chi connectivity index (χ0) is 14.4. The summed E-state index contributed by atoms with van der Waals surface area (Å²) in [5.74, 6) is 0.807. The summed E-state index contributed by atoms with van der Waals surface area (Å²) in [5.41, 5.74) is 8.50. The monoisotopic (exact) mass is 275 g/mol. The maximum Gasteiger partial charge on any atom is 0.213 e. The maximum atomic E-state index is 8.64. The molecule has 2 rings (SSSR count). The van der Waals surface area contributed by atoms with Crippen LogP contribution in [0.5, 0.6) is 0 Å². The molecule has 7 nitrogen and oxygen atoms in total. The third kappa shape index (κ3) is 3.55. The van der Waals surface area contributed by atoms with Crippen molar-refractivity contribution in [3.05, 3.63) is 47.1 Å². The average molecular weight is 275 g/mol. The first-order valence-electron chi connectivity index (χ1n) is 6.24. The Morgan fingerprint density at radius 2 is 2.35 bits per heavy atom. The van der Waals surface area contributed by atoms with E-state index in [2.05, 4.69) is 25.1 Å². The van der Waals surface area contributed by atoms with Crippen LogP contribution in [-0.2, 0) is 13.0 Å². The number of benzene rings is 1. The lowest BCUT2D eigenvalue weighted by molar-refractivity contribution is 0.318. The zero-order valence-corrected chi connectivity index (χ0v) is 11.2. The molecule has 20 heavy (non-hydrogen) atoms. The molecule has 0 saturated carbocycles. The fourth-order valence-corrected chi connectivity index (χ4v) is 1.84. The molecule has 0 atom stereocenters. The molecule has 0 fully saturated rings. The molecule has 0 bridgehead atoms. The van der Waals surface area contributed by atoms with Gasteiger partial charge in [-0.3, -0.25) is 0 Å². The van der Waals surface area contributed by atoms with Gasteiger partial charge in [0, 0.05) is 25.1 Å². The van der Waals surface area contributed by atoms with Crippen molar-refractivity contribution in [3.63, 3.8) is 0 Å². The van der Waals surface area contributed by atoms with Crippen molar-refractivity contribution in [2.45, 2.75) is 19.9 Å². The molecule has 0 aliphatic rings. The smallest absolute Gasteiger partial charge is 0.213 e. The molecular formula is C13H17N5O2. The topological polar surface area (TPSA) is 110 Å². The Morgan fingerprint density at radius 3 is 3.00 bits per heavy atom. The van der Waals surface area contributed by atoms with Crippen molar-refractivity contribution >= 4 is 5.84 Å². The number of aryl methyl sites for hydroxylation is 1. The number of amidine groups is 1. The minimum Gasteiger partial charge on any atom is -0.409 e. The number of hydrogen-bond acceptors (Lipinski definition) is 6. The maximum absolute atomic E-state index is 8.64. The molecule has 4 N–H and O–H groups in total. The van der Waals surface area contributed by atoms with Crippen LogP contribution in [0, 0.1) is 6.92 Å². The third-order valence-electron chi connectivity index (χ3n) is 2.99. The number of hydrogen-bond donors (Lipinski definition) is 3. The molecule has 1 aromatic heterocycles. The lowest BCUT2D eigenvalue weighted by atomic mass is 10.0. The second-order valence-corrected chi connectivity index (χ2v) is 4.40. The summed E-state index contributed by atoms with van der Waals surface area (Å²) in [4.78, 5) is 3.95. The summed E-state index contributed by atoms with van der Waals surface area (Å²) < 4.78 is 4.66. The van der Waals surface area contributed by atoms with Gasteiger partial charge in [-0.25, -0.2) is 0 Å². The number of oxime groups is 1. The molecule has 0 aliphatic carbocycles. The van der Waals surface area contributed by atoms with Crippen LogP contribution in [-0.4, -0.2) is 27.7 Å². The summed E-state index contributed by atoms with van der Waals surface area (Å²) in [5, 5.41) is 18.7. The summed E-state index contributed by atoms with van der Waals surface area (Å²) in [6.45, 7) is 3.49. The average Bonchev–Trinajstić information content (AvgIpc) is 2.97. The highest BCUT2D eigenvalue weighted by Crippen LogP contribution is 2.11. The second-order valence-electron chi connectivity index (χ2n) is 4.40. The Labute approximate surface area is 116 Å². The van der Waals surface area contributed by atoms with Crippen molar-refractivity contribution in [2.24, 2.45) is 10.9 Å². The Kier molecular flexibility index (Phi) is 4.67. The predicted molar refractivity (Wildman–Crippen MR) is 73.4 cm³/mol. The van der Waals surface area contributed by atoms with Crippen LogP contribution < -0.4 is 11.1 Å². The SMILES string of the molecule is Cc1cc(/C(N)=N/O)ccc1CNCCc1ncon1. The van der Waals surface area contributed by atoms with Gasteiger partial charge >= 0.3 is 0 Å². The Hall–Kier alpha value is -2.41. The quantitative estimate of drug-likeness (QED) is 0.236. The van der Waals surface area contributed by atoms with E-state index in [4.69, 9.17) is 10.9 Å². The fraction of sp³-hybridized carbons (Fsp3) is 0.308. The molecule has 0 spiro atoms. The van der Waals surface area contributed by atoms with E-state index >= 15 is 0 Å². The molecule has 0 saturated heterocycles. The number of nitrogens with zero attached hydrogens (tertiary/aromatic N) is 3. The molecule has 1 heterocycles. The van der Waals surface area contributed by atoms with Crippen LogP contribution >= 0.6 is 0 Å². The highest BCUT2D eigenvalue weighted by Gasteiger charge is 2.04. The van der Waals surface area contributed by atoms with Crippen LogP contribution in [0.3, 0.4) is 0 Å². The van der Waals surface area contributed by atoms with Crippen molar-refractivity contribution in [2.75, 3.05) is 6.54 Å². The standard InChI is InChI=1S/C13H17N5O2/c1-9-6-10(13(14)17-19)2-3-11(9)7-15-5-4-12-16-8-20-18-12/h2-3,6,8,15,19H,4-5,7H2,1H3,(H2,14,17). The van der Waals surface area contributed by atoms with E-state index in [1.54, 1.807) is 0 Å². The van der Waals surface area contributed by atoms with Gasteiger partial charge in [-0.15, -0.1) is 0 Å². The van der Waals surface area contributed by atoms with Gasteiger partial charge in [0.2, 0.25) is 6.39 Å². The molecule has 0 radical (unpaired) electrons. The summed E-state index contributed by atoms with van der Waals surface area (Å²) in [6, 6.07) is 5.69. The first-order chi connectivity index (χ1) is 9.70. The number of nitrogens with two attached hydrogens (primary N) is 1. The van der Waals surface area contributed by atoms with E-state index in [1.165, 1.54) is 6.39 Å². The highest BCUT2D eigenvalue weighted by atomic mass is 16.5. The third-order valence-corrected chi connectivity index (χ3v) is 2.99. The predicted octanol–water partition coefficient (Wildman–Crippen LogP) is 0.805. The molecular weight excluding hydrogens is 258 g/mol. The second kappa shape index (κ2) is 6.67. The Balaban J connectivity index is 1.87. The molecule has 0 aliphatic heterocycles. The summed E-state index contributed by atoms with van der Waals surface area (Å²) >= 11 is 0. The molecule has 106 valence electrons. The van der Waals surface area contributed by atoms with Gasteiger partial charge in [0.25, 0.3) is 0 Å². The van der Waals surface area contributed by atoms with Gasteiger partial charge in [-0.1, -0.05) is 22.4 Å². The fourth-order valence-electron chi connectivity index (χ4n) is 1.84. The minimum atomic E-state index is 0.115. The van der Waals surface area contributed by atoms with Gasteiger partial charge in [0.05, 0.1) is 0 Å². The van der Waals surface area contributed by atoms with Crippen LogP contribution in [0.1, 0.15) is 22.5 Å². The van der Waals surface area contributed by atoms with Crippen molar-refractivity contribution in [1.82, 2.24) is 15.5 Å². The number of nitrogens with one attached hydrogen (secondary N) is 1. The Bertz CT molecular complexity index is 580. The molecule has 0 unspecified atom stereocenters. The van der Waals surface area contributed by atoms with Gasteiger partial charge in [-0.05, 0) is 24.1 Å². The molecule has 7 heteroatoms. The van der Waals surface area contributed by atoms with E-state index in [1.807, 2.05) is 25.1 Å². The highest BCUT2D eigenvalue weighted by molar-refractivity contribution is 5.97. The minimum absolute atomic E-state index is 0.115. The van der Waals surface area contributed by atoms with E-state index in [0.29, 0.717) is 11.4 Å². The van der Waals surface area contributed by atoms with Crippen LogP contribution in [0.2, 0.25) is 0 Å². The lowest BCUT2D eigenvalue weighted by Crippen LogP contribution is -2.18. The van der Waals surface area contributed by atoms with Gasteiger partial charge in [0.1, 0.15) is 0 Å². The van der Waals surface area contributed by atoms with E-state index in [-0.39, 0.29) is 5.84 Å². The van der Waals surface area contributed by atoms with Crippen molar-refractivity contribution in [3.8, 4) is 0 Å². The first-order valence-corrected chi connectivity index (χ1v) is 6.24. The zero-order valence-electron chi connectivity index (χ0n) is 11.2. The summed E-state index contributed by atoms with van der Waals surface area (Å²) in [6.07, 6.45) is 2.04. The first kappa shape index (κ1) is 14.0. The largest absolute Gasteiger partial charge is 0.409 e. The van der Waals surface area contributed by atoms with Crippen molar-refractivity contribution < 1.29 is 9.73 Å². The number of aromatic nitrogens is 2. The van der Waals surface area contributed by atoms with Crippen LogP contribution in [0.15, 0.2) is 34.3 Å².